The molecule has 0 radical (unpaired) electrons. The molecule has 1 saturated carbocycles. The van der Waals surface area contributed by atoms with Gasteiger partial charge in [-0.25, -0.2) is 4.39 Å². The van der Waals surface area contributed by atoms with Crippen molar-refractivity contribution >= 4 is 29.1 Å². The normalized spacial score (nSPS) is 24.7. The molecule has 2 rings (SSSR count). The zero-order chi connectivity index (χ0) is 13.6. The average Bonchev–Trinajstić information content (AvgIpc) is 2.81. The standard InChI is InChI=1S/C13H14Cl2FNO/c1-8-5-9(3-4-10(8)16)6-17-11(18)12(2)7-13(12,14)15/h3-5H,6-7H2,1-2H3,(H,17,18). The number of rotatable bonds is 3. The molecule has 1 fully saturated rings. The second-order valence-corrected chi connectivity index (χ2v) is 6.46. The number of amides is 1. The highest BCUT2D eigenvalue weighted by Crippen LogP contribution is 2.63. The Balaban J connectivity index is 1.96. The van der Waals surface area contributed by atoms with Crippen LogP contribution in [0.15, 0.2) is 18.2 Å². The highest BCUT2D eigenvalue weighted by atomic mass is 35.5. The SMILES string of the molecule is Cc1cc(CNC(=O)C2(C)CC2(Cl)Cl)ccc1F. The van der Waals surface area contributed by atoms with E-state index < -0.39 is 9.75 Å². The molecule has 2 nitrogen and oxygen atoms in total. The van der Waals surface area contributed by atoms with Crippen molar-refractivity contribution < 1.29 is 9.18 Å². The lowest BCUT2D eigenvalue weighted by atomic mass is 10.1. The van der Waals surface area contributed by atoms with Gasteiger partial charge in [0.1, 0.15) is 10.2 Å². The van der Waals surface area contributed by atoms with E-state index in [9.17, 15) is 9.18 Å². The molecule has 0 spiro atoms. The van der Waals surface area contributed by atoms with Gasteiger partial charge in [0.25, 0.3) is 0 Å². The molecule has 1 unspecified atom stereocenters. The molecule has 1 aromatic rings. The Kier molecular flexibility index (Phi) is 3.32. The van der Waals surface area contributed by atoms with Crippen LogP contribution in [0.2, 0.25) is 0 Å². The zero-order valence-electron chi connectivity index (χ0n) is 10.2. The van der Waals surface area contributed by atoms with Crippen LogP contribution < -0.4 is 5.32 Å². The molecule has 18 heavy (non-hydrogen) atoms. The largest absolute Gasteiger partial charge is 0.351 e. The van der Waals surface area contributed by atoms with Gasteiger partial charge in [-0.2, -0.15) is 0 Å². The molecule has 5 heteroatoms. The first-order chi connectivity index (χ1) is 8.26. The van der Waals surface area contributed by atoms with Crippen molar-refractivity contribution in [2.24, 2.45) is 5.41 Å². The Morgan fingerprint density at radius 1 is 1.50 bits per heavy atom. The van der Waals surface area contributed by atoms with E-state index in [-0.39, 0.29) is 11.7 Å². The quantitative estimate of drug-likeness (QED) is 0.850. The maximum atomic E-state index is 13.1. The Hall–Kier alpha value is -0.800. The van der Waals surface area contributed by atoms with Crippen molar-refractivity contribution in [3.8, 4) is 0 Å². The summed E-state index contributed by atoms with van der Waals surface area (Å²) in [5, 5.41) is 2.77. The first-order valence-corrected chi connectivity index (χ1v) is 6.43. The number of hydrogen-bond donors (Lipinski definition) is 1. The Bertz CT molecular complexity index is 504. The average molecular weight is 290 g/mol. The molecular weight excluding hydrogens is 276 g/mol. The van der Waals surface area contributed by atoms with E-state index in [4.69, 9.17) is 23.2 Å². The Labute approximate surface area is 115 Å². The fourth-order valence-electron chi connectivity index (χ4n) is 1.84. The third kappa shape index (κ3) is 2.34. The molecule has 0 saturated heterocycles. The third-order valence-corrected chi connectivity index (χ3v) is 4.54. The van der Waals surface area contributed by atoms with E-state index in [1.165, 1.54) is 6.07 Å². The lowest BCUT2D eigenvalue weighted by Gasteiger charge is -2.13. The first kappa shape index (κ1) is 13.6. The number of carbonyl (C=O) groups is 1. The van der Waals surface area contributed by atoms with Crippen molar-refractivity contribution in [1.29, 1.82) is 0 Å². The van der Waals surface area contributed by atoms with Gasteiger partial charge in [-0.3, -0.25) is 4.79 Å². The topological polar surface area (TPSA) is 29.1 Å². The maximum absolute atomic E-state index is 13.1. The summed E-state index contributed by atoms with van der Waals surface area (Å²) in [4.78, 5) is 11.9. The summed E-state index contributed by atoms with van der Waals surface area (Å²) >= 11 is 11.9. The summed E-state index contributed by atoms with van der Waals surface area (Å²) in [6.45, 7) is 3.77. The molecule has 0 aliphatic heterocycles. The second-order valence-electron chi connectivity index (χ2n) is 4.98. The fraction of sp³-hybridized carbons (Fsp3) is 0.462. The third-order valence-electron chi connectivity index (χ3n) is 3.43. The molecule has 1 atom stereocenters. The van der Waals surface area contributed by atoms with E-state index in [1.54, 1.807) is 26.0 Å². The predicted octanol–water partition coefficient (Wildman–Crippen LogP) is 3.33. The van der Waals surface area contributed by atoms with E-state index in [1.807, 2.05) is 0 Å². The van der Waals surface area contributed by atoms with Crippen molar-refractivity contribution in [2.75, 3.05) is 0 Å². The molecule has 0 bridgehead atoms. The monoisotopic (exact) mass is 289 g/mol. The second kappa shape index (κ2) is 4.39. The van der Waals surface area contributed by atoms with Crippen LogP contribution in [-0.4, -0.2) is 10.2 Å². The minimum absolute atomic E-state index is 0.172. The highest BCUT2D eigenvalue weighted by Gasteiger charge is 2.67. The number of halogens is 3. The van der Waals surface area contributed by atoms with Crippen molar-refractivity contribution in [3.63, 3.8) is 0 Å². The molecule has 0 aromatic heterocycles. The van der Waals surface area contributed by atoms with Gasteiger partial charge < -0.3 is 5.32 Å². The summed E-state index contributed by atoms with van der Waals surface area (Å²) in [6, 6.07) is 4.75. The van der Waals surface area contributed by atoms with Gasteiger partial charge in [0.05, 0.1) is 5.41 Å². The van der Waals surface area contributed by atoms with Gasteiger partial charge in [-0.1, -0.05) is 12.1 Å². The summed E-state index contributed by atoms with van der Waals surface area (Å²) in [6.07, 6.45) is 0.456. The van der Waals surface area contributed by atoms with Crippen molar-refractivity contribution in [1.82, 2.24) is 5.32 Å². The van der Waals surface area contributed by atoms with Gasteiger partial charge >= 0.3 is 0 Å². The summed E-state index contributed by atoms with van der Waals surface area (Å²) in [7, 11) is 0. The molecule has 1 N–H and O–H groups in total. The van der Waals surface area contributed by atoms with Crippen LogP contribution in [0, 0.1) is 18.2 Å². The number of nitrogens with one attached hydrogen (secondary N) is 1. The lowest BCUT2D eigenvalue weighted by molar-refractivity contribution is -0.125. The smallest absolute Gasteiger partial charge is 0.229 e. The molecule has 1 aliphatic rings. The van der Waals surface area contributed by atoms with Gasteiger partial charge in [0.15, 0.2) is 0 Å². The molecular formula is C13H14Cl2FNO. The maximum Gasteiger partial charge on any atom is 0.229 e. The molecule has 98 valence electrons. The fourth-order valence-corrected chi connectivity index (χ4v) is 2.55. The lowest BCUT2D eigenvalue weighted by Crippen LogP contribution is -2.32. The van der Waals surface area contributed by atoms with Crippen LogP contribution in [-0.2, 0) is 11.3 Å². The molecule has 1 amide bonds. The predicted molar refractivity (Wildman–Crippen MR) is 70.1 cm³/mol. The van der Waals surface area contributed by atoms with Crippen molar-refractivity contribution in [2.45, 2.75) is 31.1 Å². The summed E-state index contributed by atoms with van der Waals surface area (Å²) < 4.78 is 12.1. The van der Waals surface area contributed by atoms with E-state index >= 15 is 0 Å². The first-order valence-electron chi connectivity index (χ1n) is 5.67. The Morgan fingerprint density at radius 2 is 2.11 bits per heavy atom. The number of aryl methyl sites for hydroxylation is 1. The number of hydrogen-bond acceptors (Lipinski definition) is 1. The summed E-state index contributed by atoms with van der Waals surface area (Å²) in [5.74, 6) is -0.422. The van der Waals surface area contributed by atoms with Crippen LogP contribution in [0.5, 0.6) is 0 Å². The van der Waals surface area contributed by atoms with Gasteiger partial charge in [-0.05, 0) is 37.5 Å². The minimum Gasteiger partial charge on any atom is -0.351 e. The van der Waals surface area contributed by atoms with Gasteiger partial charge in [-0.15, -0.1) is 23.2 Å². The van der Waals surface area contributed by atoms with E-state index in [0.29, 0.717) is 18.5 Å². The number of carbonyl (C=O) groups excluding carboxylic acids is 1. The van der Waals surface area contributed by atoms with Crippen LogP contribution in [0.4, 0.5) is 4.39 Å². The summed E-state index contributed by atoms with van der Waals surface area (Å²) in [5.41, 5.74) is 0.690. The number of benzene rings is 1. The van der Waals surface area contributed by atoms with Gasteiger partial charge in [0, 0.05) is 6.54 Å². The molecule has 0 heterocycles. The molecule has 1 aliphatic carbocycles. The number of alkyl halides is 2. The van der Waals surface area contributed by atoms with Crippen LogP contribution in [0.25, 0.3) is 0 Å². The van der Waals surface area contributed by atoms with Crippen molar-refractivity contribution in [3.05, 3.63) is 35.1 Å². The highest BCUT2D eigenvalue weighted by molar-refractivity contribution is 6.53. The Morgan fingerprint density at radius 3 is 2.61 bits per heavy atom. The van der Waals surface area contributed by atoms with Crippen LogP contribution >= 0.6 is 23.2 Å². The van der Waals surface area contributed by atoms with Crippen LogP contribution in [0.1, 0.15) is 24.5 Å². The van der Waals surface area contributed by atoms with Crippen LogP contribution in [0.3, 0.4) is 0 Å². The minimum atomic E-state index is -0.963. The molecule has 1 aromatic carbocycles. The van der Waals surface area contributed by atoms with E-state index in [0.717, 1.165) is 5.56 Å². The van der Waals surface area contributed by atoms with E-state index in [2.05, 4.69) is 5.32 Å². The van der Waals surface area contributed by atoms with Gasteiger partial charge in [0.2, 0.25) is 5.91 Å². The zero-order valence-corrected chi connectivity index (χ0v) is 11.7.